The molecule has 0 N–H and O–H groups in total. The summed E-state index contributed by atoms with van der Waals surface area (Å²) in [5.74, 6) is 0. The van der Waals surface area contributed by atoms with Gasteiger partial charge in [-0.3, -0.25) is 0 Å². The third-order valence-corrected chi connectivity index (χ3v) is 10.7. The number of rotatable bonds is 5. The highest BCUT2D eigenvalue weighted by molar-refractivity contribution is 6.19. The first-order valence-electron chi connectivity index (χ1n) is 18.0. The molecule has 0 fully saturated rings. The second-order valence-corrected chi connectivity index (χ2v) is 13.7. The predicted octanol–water partition coefficient (Wildman–Crippen LogP) is 14.6. The monoisotopic (exact) mass is 677 g/mol. The highest BCUT2D eigenvalue weighted by Crippen LogP contribution is 2.45. The van der Waals surface area contributed by atoms with Crippen molar-refractivity contribution in [3.8, 4) is 22.3 Å². The number of furan rings is 2. The van der Waals surface area contributed by atoms with Gasteiger partial charge in [0, 0.05) is 32.9 Å². The molecule has 0 amide bonds. The topological polar surface area (TPSA) is 29.5 Å². The molecule has 0 bridgehead atoms. The van der Waals surface area contributed by atoms with Gasteiger partial charge >= 0.3 is 0 Å². The number of hydrogen-bond donors (Lipinski definition) is 0. The molecule has 0 aliphatic heterocycles. The number of anilines is 3. The smallest absolute Gasteiger partial charge is 0.143 e. The van der Waals surface area contributed by atoms with E-state index in [4.69, 9.17) is 8.83 Å². The first-order chi connectivity index (χ1) is 26.3. The normalized spacial score (nSPS) is 11.8. The molecule has 0 unspecified atom stereocenters. The highest BCUT2D eigenvalue weighted by Gasteiger charge is 2.21. The Labute approximate surface area is 305 Å². The number of fused-ring (bicyclic) bond motifs is 9. The minimum Gasteiger partial charge on any atom is -0.456 e. The van der Waals surface area contributed by atoms with Gasteiger partial charge in [-0.2, -0.15) is 0 Å². The number of benzene rings is 9. The summed E-state index contributed by atoms with van der Waals surface area (Å²) < 4.78 is 12.9. The van der Waals surface area contributed by atoms with Crippen LogP contribution in [0.1, 0.15) is 0 Å². The van der Waals surface area contributed by atoms with E-state index in [2.05, 4.69) is 181 Å². The molecule has 3 heteroatoms. The molecule has 0 aliphatic rings. The van der Waals surface area contributed by atoms with E-state index < -0.39 is 0 Å². The van der Waals surface area contributed by atoms with Crippen molar-refractivity contribution < 1.29 is 8.83 Å². The van der Waals surface area contributed by atoms with E-state index in [1.54, 1.807) is 0 Å². The fourth-order valence-electron chi connectivity index (χ4n) is 8.24. The van der Waals surface area contributed by atoms with E-state index in [1.807, 2.05) is 12.1 Å². The Bertz CT molecular complexity index is 3180. The molecular formula is C50H31NO2. The lowest BCUT2D eigenvalue weighted by atomic mass is 9.97. The van der Waals surface area contributed by atoms with Crippen LogP contribution in [0.4, 0.5) is 17.1 Å². The second-order valence-electron chi connectivity index (χ2n) is 13.7. The zero-order valence-corrected chi connectivity index (χ0v) is 28.7. The maximum Gasteiger partial charge on any atom is 0.143 e. The SMILES string of the molecule is c1cc(-c2cccc3ccccc23)cc(N(c2ccc(-c3cccc4oc5c6ccccc6ccc5c34)cc2)c2cccc3oc4ccccc4c23)c1. The standard InChI is InChI=1S/C50H31NO2/c1-3-16-38-32(11-1)13-8-19-39(38)35-14-7-15-37(31-35)51(44-21-10-24-47-49(44)42-18-5-6-22-45(42)52-47)36-28-25-34(26-29-36)40-20-9-23-46-48(40)43-30-27-33-12-2-4-17-41(33)50(43)53-46/h1-31H. The summed E-state index contributed by atoms with van der Waals surface area (Å²) in [4.78, 5) is 2.36. The van der Waals surface area contributed by atoms with E-state index in [0.717, 1.165) is 83.0 Å². The van der Waals surface area contributed by atoms with Crippen LogP contribution < -0.4 is 4.90 Å². The van der Waals surface area contributed by atoms with Crippen molar-refractivity contribution in [3.63, 3.8) is 0 Å². The summed E-state index contributed by atoms with van der Waals surface area (Å²) in [6.45, 7) is 0. The zero-order chi connectivity index (χ0) is 34.9. The van der Waals surface area contributed by atoms with Gasteiger partial charge < -0.3 is 13.7 Å². The molecule has 248 valence electrons. The van der Waals surface area contributed by atoms with Crippen LogP contribution >= 0.6 is 0 Å². The predicted molar refractivity (Wildman–Crippen MR) is 222 cm³/mol. The molecule has 53 heavy (non-hydrogen) atoms. The quantitative estimate of drug-likeness (QED) is 0.182. The maximum absolute atomic E-state index is 6.53. The number of nitrogens with zero attached hydrogens (tertiary/aromatic N) is 1. The Morgan fingerprint density at radius 2 is 0.981 bits per heavy atom. The minimum absolute atomic E-state index is 0.863. The van der Waals surface area contributed by atoms with E-state index >= 15 is 0 Å². The molecule has 0 saturated carbocycles. The van der Waals surface area contributed by atoms with Crippen molar-refractivity contribution in [1.29, 1.82) is 0 Å². The Morgan fingerprint density at radius 1 is 0.340 bits per heavy atom. The van der Waals surface area contributed by atoms with Crippen LogP contribution in [0.3, 0.4) is 0 Å². The minimum atomic E-state index is 0.863. The fourth-order valence-corrected chi connectivity index (χ4v) is 8.24. The van der Waals surface area contributed by atoms with E-state index in [1.165, 1.54) is 21.7 Å². The summed E-state index contributed by atoms with van der Waals surface area (Å²) >= 11 is 0. The molecule has 0 atom stereocenters. The summed E-state index contributed by atoms with van der Waals surface area (Å²) in [7, 11) is 0. The van der Waals surface area contributed by atoms with Gasteiger partial charge in [-0.1, -0.05) is 133 Å². The maximum atomic E-state index is 6.53. The van der Waals surface area contributed by atoms with E-state index in [9.17, 15) is 0 Å². The van der Waals surface area contributed by atoms with Crippen LogP contribution in [-0.4, -0.2) is 0 Å². The van der Waals surface area contributed by atoms with Gasteiger partial charge in [-0.15, -0.1) is 0 Å². The Morgan fingerprint density at radius 3 is 1.85 bits per heavy atom. The fraction of sp³-hybridized carbons (Fsp3) is 0. The molecule has 0 saturated heterocycles. The van der Waals surface area contributed by atoms with Crippen molar-refractivity contribution in [3.05, 3.63) is 188 Å². The summed E-state index contributed by atoms with van der Waals surface area (Å²) in [5, 5.41) is 9.21. The van der Waals surface area contributed by atoms with Gasteiger partial charge in [0.05, 0.1) is 11.1 Å². The Hall–Kier alpha value is -7.10. The van der Waals surface area contributed by atoms with Gasteiger partial charge in [0.2, 0.25) is 0 Å². The largest absolute Gasteiger partial charge is 0.456 e. The first-order valence-corrected chi connectivity index (χ1v) is 18.0. The lowest BCUT2D eigenvalue weighted by Crippen LogP contribution is -2.10. The van der Waals surface area contributed by atoms with Crippen LogP contribution in [-0.2, 0) is 0 Å². The number of hydrogen-bond acceptors (Lipinski definition) is 3. The molecular weight excluding hydrogens is 647 g/mol. The first kappa shape index (κ1) is 29.6. The van der Waals surface area contributed by atoms with Gasteiger partial charge in [-0.25, -0.2) is 0 Å². The average Bonchev–Trinajstić information content (AvgIpc) is 3.81. The van der Waals surface area contributed by atoms with Crippen LogP contribution in [0.25, 0.3) is 87.7 Å². The van der Waals surface area contributed by atoms with Crippen molar-refractivity contribution >= 4 is 82.5 Å². The summed E-state index contributed by atoms with van der Waals surface area (Å²) in [6.07, 6.45) is 0. The Balaban J connectivity index is 1.10. The molecule has 0 spiro atoms. The van der Waals surface area contributed by atoms with Crippen LogP contribution in [0.5, 0.6) is 0 Å². The molecule has 2 aromatic heterocycles. The molecule has 0 radical (unpaired) electrons. The van der Waals surface area contributed by atoms with Gasteiger partial charge in [0.15, 0.2) is 0 Å². The lowest BCUT2D eigenvalue weighted by Gasteiger charge is -2.27. The highest BCUT2D eigenvalue weighted by atomic mass is 16.3. The van der Waals surface area contributed by atoms with Crippen molar-refractivity contribution in [2.75, 3.05) is 4.90 Å². The molecule has 9 aromatic carbocycles. The van der Waals surface area contributed by atoms with Crippen molar-refractivity contribution in [2.24, 2.45) is 0 Å². The summed E-state index contributed by atoms with van der Waals surface area (Å²) in [5.41, 5.74) is 11.4. The van der Waals surface area contributed by atoms with Gasteiger partial charge in [-0.05, 0) is 93.0 Å². The average molecular weight is 678 g/mol. The van der Waals surface area contributed by atoms with Crippen LogP contribution in [0.15, 0.2) is 197 Å². The second kappa shape index (κ2) is 11.7. The molecule has 0 aliphatic carbocycles. The molecule has 2 heterocycles. The molecule has 3 nitrogen and oxygen atoms in total. The number of para-hydroxylation sites is 1. The van der Waals surface area contributed by atoms with E-state index in [-0.39, 0.29) is 0 Å². The van der Waals surface area contributed by atoms with Crippen LogP contribution in [0, 0.1) is 0 Å². The lowest BCUT2D eigenvalue weighted by molar-refractivity contribution is 0.669. The van der Waals surface area contributed by atoms with E-state index in [0.29, 0.717) is 0 Å². The van der Waals surface area contributed by atoms with Crippen molar-refractivity contribution in [2.45, 2.75) is 0 Å². The molecule has 11 rings (SSSR count). The zero-order valence-electron chi connectivity index (χ0n) is 28.7. The van der Waals surface area contributed by atoms with Crippen molar-refractivity contribution in [1.82, 2.24) is 0 Å². The van der Waals surface area contributed by atoms with Gasteiger partial charge in [0.1, 0.15) is 22.3 Å². The third-order valence-electron chi connectivity index (χ3n) is 10.7. The molecule has 11 aromatic rings. The van der Waals surface area contributed by atoms with Gasteiger partial charge in [0.25, 0.3) is 0 Å². The van der Waals surface area contributed by atoms with Crippen LogP contribution in [0.2, 0.25) is 0 Å². The Kier molecular flexibility index (Phi) is 6.55. The third kappa shape index (κ3) is 4.68. The summed E-state index contributed by atoms with van der Waals surface area (Å²) in [6, 6.07) is 66.8.